The van der Waals surface area contributed by atoms with Crippen LogP contribution in [0.1, 0.15) is 18.4 Å². The molecule has 0 atom stereocenters. The predicted octanol–water partition coefficient (Wildman–Crippen LogP) is 4.75. The molecular formula is C19H18Cl2F3N7. The summed E-state index contributed by atoms with van der Waals surface area (Å²) >= 11 is 12.4. The Labute approximate surface area is 186 Å². The van der Waals surface area contributed by atoms with Crippen LogP contribution in [-0.2, 0) is 6.54 Å². The second kappa shape index (κ2) is 8.88. The first-order chi connectivity index (χ1) is 14.8. The van der Waals surface area contributed by atoms with E-state index in [0.29, 0.717) is 47.1 Å². The van der Waals surface area contributed by atoms with E-state index in [1.54, 1.807) is 30.5 Å². The normalized spacial score (nSPS) is 15.3. The summed E-state index contributed by atoms with van der Waals surface area (Å²) in [7, 11) is 0. The van der Waals surface area contributed by atoms with Crippen LogP contribution in [-0.4, -0.2) is 44.5 Å². The summed E-state index contributed by atoms with van der Waals surface area (Å²) in [4.78, 5) is 6.29. The van der Waals surface area contributed by atoms with Crippen molar-refractivity contribution in [2.45, 2.75) is 25.6 Å². The fourth-order valence-electron chi connectivity index (χ4n) is 3.56. The molecule has 1 saturated heterocycles. The van der Waals surface area contributed by atoms with E-state index in [9.17, 15) is 13.2 Å². The van der Waals surface area contributed by atoms with Crippen LogP contribution in [0.3, 0.4) is 0 Å². The van der Waals surface area contributed by atoms with E-state index in [2.05, 4.69) is 25.8 Å². The Bertz CT molecular complexity index is 1050. The number of pyridine rings is 1. The molecule has 0 spiro atoms. The van der Waals surface area contributed by atoms with Gasteiger partial charge in [0.15, 0.2) is 0 Å². The summed E-state index contributed by atoms with van der Waals surface area (Å²) in [5.41, 5.74) is 1.34. The van der Waals surface area contributed by atoms with E-state index < -0.39 is 12.1 Å². The van der Waals surface area contributed by atoms with Gasteiger partial charge in [-0.3, -0.25) is 0 Å². The summed E-state index contributed by atoms with van der Waals surface area (Å²) in [6.45, 7) is 0.912. The quantitative estimate of drug-likeness (QED) is 0.578. The number of anilines is 2. The molecule has 1 fully saturated rings. The first-order valence-electron chi connectivity index (χ1n) is 9.57. The molecule has 1 aromatic carbocycles. The number of piperidine rings is 1. The zero-order valence-electron chi connectivity index (χ0n) is 16.2. The number of nitrogens with one attached hydrogen (secondary N) is 1. The van der Waals surface area contributed by atoms with Crippen LogP contribution in [0.15, 0.2) is 36.5 Å². The number of rotatable bonds is 5. The maximum absolute atomic E-state index is 13.0. The molecule has 2 aromatic heterocycles. The number of aromatic nitrogens is 5. The lowest BCUT2D eigenvalue weighted by molar-refractivity contribution is -0.179. The SMILES string of the molecule is FC(F)(F)C1CCN(c2ncccc2CNc2nnnn2-c2cccc(Cl)c2Cl)CC1. The highest BCUT2D eigenvalue weighted by Crippen LogP contribution is 2.35. The Balaban J connectivity index is 1.49. The zero-order chi connectivity index (χ0) is 22.0. The number of tetrazole rings is 1. The van der Waals surface area contributed by atoms with Gasteiger partial charge in [0.1, 0.15) is 5.82 Å². The molecule has 0 amide bonds. The number of hydrogen-bond acceptors (Lipinski definition) is 6. The topological polar surface area (TPSA) is 71.8 Å². The van der Waals surface area contributed by atoms with Crippen molar-refractivity contribution in [2.75, 3.05) is 23.3 Å². The standard InChI is InChI=1S/C19H18Cl2F3N7/c20-14-4-1-5-15(16(14)21)31-18(27-28-29-31)26-11-12-3-2-8-25-17(12)30-9-6-13(7-10-30)19(22,23)24/h1-5,8,13H,6-7,9-11H2,(H,26,27,29). The van der Waals surface area contributed by atoms with Gasteiger partial charge in [0, 0.05) is 31.4 Å². The van der Waals surface area contributed by atoms with Gasteiger partial charge in [-0.2, -0.15) is 17.9 Å². The molecule has 12 heteroatoms. The molecule has 0 aliphatic carbocycles. The monoisotopic (exact) mass is 471 g/mol. The summed E-state index contributed by atoms with van der Waals surface area (Å²) in [6, 6.07) is 8.77. The van der Waals surface area contributed by atoms with E-state index in [1.165, 1.54) is 4.68 Å². The van der Waals surface area contributed by atoms with Crippen molar-refractivity contribution in [1.29, 1.82) is 0 Å². The molecule has 0 saturated carbocycles. The van der Waals surface area contributed by atoms with Crippen molar-refractivity contribution in [1.82, 2.24) is 25.2 Å². The van der Waals surface area contributed by atoms with Crippen LogP contribution in [0.5, 0.6) is 0 Å². The third-order valence-corrected chi connectivity index (χ3v) is 6.00. The third-order valence-electron chi connectivity index (χ3n) is 5.19. The molecule has 0 unspecified atom stereocenters. The van der Waals surface area contributed by atoms with Gasteiger partial charge >= 0.3 is 6.18 Å². The maximum atomic E-state index is 13.0. The van der Waals surface area contributed by atoms with Gasteiger partial charge < -0.3 is 10.2 Å². The van der Waals surface area contributed by atoms with E-state index >= 15 is 0 Å². The first kappa shape index (κ1) is 21.6. The van der Waals surface area contributed by atoms with Crippen LogP contribution in [0.4, 0.5) is 24.9 Å². The minimum atomic E-state index is -4.15. The van der Waals surface area contributed by atoms with Gasteiger partial charge in [0.05, 0.1) is 21.7 Å². The Morgan fingerprint density at radius 2 is 1.87 bits per heavy atom. The highest BCUT2D eigenvalue weighted by Gasteiger charge is 2.41. The van der Waals surface area contributed by atoms with Crippen molar-refractivity contribution < 1.29 is 13.2 Å². The van der Waals surface area contributed by atoms with Gasteiger partial charge in [-0.05, 0) is 41.5 Å². The number of alkyl halides is 3. The lowest BCUT2D eigenvalue weighted by atomic mass is 9.96. The van der Waals surface area contributed by atoms with Gasteiger partial charge in [-0.1, -0.05) is 40.4 Å². The van der Waals surface area contributed by atoms with Gasteiger partial charge in [-0.25, -0.2) is 4.98 Å². The predicted molar refractivity (Wildman–Crippen MR) is 112 cm³/mol. The van der Waals surface area contributed by atoms with Crippen LogP contribution in [0.2, 0.25) is 10.0 Å². The second-order valence-electron chi connectivity index (χ2n) is 7.13. The van der Waals surface area contributed by atoms with Crippen molar-refractivity contribution in [2.24, 2.45) is 5.92 Å². The fourth-order valence-corrected chi connectivity index (χ4v) is 3.94. The van der Waals surface area contributed by atoms with E-state index in [4.69, 9.17) is 23.2 Å². The van der Waals surface area contributed by atoms with Crippen molar-refractivity contribution in [3.05, 3.63) is 52.1 Å². The van der Waals surface area contributed by atoms with Crippen LogP contribution < -0.4 is 10.2 Å². The van der Waals surface area contributed by atoms with Crippen molar-refractivity contribution in [3.63, 3.8) is 0 Å². The van der Waals surface area contributed by atoms with Crippen LogP contribution >= 0.6 is 23.2 Å². The lowest BCUT2D eigenvalue weighted by Crippen LogP contribution is -2.39. The molecule has 1 aliphatic rings. The summed E-state index contributed by atoms with van der Waals surface area (Å²) in [5.74, 6) is -0.272. The van der Waals surface area contributed by atoms with Gasteiger partial charge in [-0.15, -0.1) is 0 Å². The zero-order valence-corrected chi connectivity index (χ0v) is 17.7. The molecule has 3 aromatic rings. The summed E-state index contributed by atoms with van der Waals surface area (Å²) < 4.78 is 40.4. The Kier molecular flexibility index (Phi) is 6.19. The van der Waals surface area contributed by atoms with E-state index in [0.717, 1.165) is 5.56 Å². The van der Waals surface area contributed by atoms with Gasteiger partial charge in [0.25, 0.3) is 0 Å². The van der Waals surface area contributed by atoms with Crippen molar-refractivity contribution in [3.8, 4) is 5.69 Å². The number of benzene rings is 1. The Hall–Kier alpha value is -2.59. The highest BCUT2D eigenvalue weighted by atomic mass is 35.5. The molecule has 7 nitrogen and oxygen atoms in total. The molecule has 4 rings (SSSR count). The third kappa shape index (κ3) is 4.69. The smallest absolute Gasteiger partial charge is 0.356 e. The minimum absolute atomic E-state index is 0.0540. The molecule has 3 heterocycles. The van der Waals surface area contributed by atoms with Crippen LogP contribution in [0.25, 0.3) is 5.69 Å². The number of halogens is 5. The highest BCUT2D eigenvalue weighted by molar-refractivity contribution is 6.43. The first-order valence-corrected chi connectivity index (χ1v) is 10.3. The molecule has 0 radical (unpaired) electrons. The molecule has 164 valence electrons. The Morgan fingerprint density at radius 3 is 2.61 bits per heavy atom. The molecule has 31 heavy (non-hydrogen) atoms. The maximum Gasteiger partial charge on any atom is 0.391 e. The molecule has 1 N–H and O–H groups in total. The number of nitrogens with zero attached hydrogens (tertiary/aromatic N) is 6. The Morgan fingerprint density at radius 1 is 1.10 bits per heavy atom. The molecule has 0 bridgehead atoms. The van der Waals surface area contributed by atoms with Crippen LogP contribution in [0, 0.1) is 5.92 Å². The largest absolute Gasteiger partial charge is 0.391 e. The minimum Gasteiger partial charge on any atom is -0.356 e. The molecule has 1 aliphatic heterocycles. The van der Waals surface area contributed by atoms with Gasteiger partial charge in [0.2, 0.25) is 5.95 Å². The second-order valence-corrected chi connectivity index (χ2v) is 7.92. The summed E-state index contributed by atoms with van der Waals surface area (Å²) in [6.07, 6.45) is -2.42. The summed E-state index contributed by atoms with van der Waals surface area (Å²) in [5, 5.41) is 15.5. The van der Waals surface area contributed by atoms with E-state index in [-0.39, 0.29) is 12.8 Å². The van der Waals surface area contributed by atoms with Crippen molar-refractivity contribution >= 4 is 35.0 Å². The fraction of sp³-hybridized carbons (Fsp3) is 0.368. The number of hydrogen-bond donors (Lipinski definition) is 1. The van der Waals surface area contributed by atoms with E-state index in [1.807, 2.05) is 11.0 Å². The average molecular weight is 472 g/mol. The average Bonchev–Trinajstić information content (AvgIpc) is 3.22. The lowest BCUT2D eigenvalue weighted by Gasteiger charge is -2.34. The molecular weight excluding hydrogens is 454 g/mol.